The van der Waals surface area contributed by atoms with E-state index in [2.05, 4.69) is 15.4 Å². The van der Waals surface area contributed by atoms with Crippen LogP contribution < -0.4 is 5.32 Å². The average molecular weight is 240 g/mol. The predicted octanol–water partition coefficient (Wildman–Crippen LogP) is 0.0661. The van der Waals surface area contributed by atoms with Crippen molar-refractivity contribution in [1.29, 1.82) is 0 Å². The quantitative estimate of drug-likeness (QED) is 0.733. The SMILES string of the molecule is CC(CCNC(=O)C(C)n1cncn1)C(=O)O. The highest BCUT2D eigenvalue weighted by Gasteiger charge is 2.16. The largest absolute Gasteiger partial charge is 0.481 e. The van der Waals surface area contributed by atoms with E-state index in [4.69, 9.17) is 5.11 Å². The zero-order valence-electron chi connectivity index (χ0n) is 9.83. The van der Waals surface area contributed by atoms with E-state index < -0.39 is 17.9 Å². The van der Waals surface area contributed by atoms with Gasteiger partial charge in [-0.1, -0.05) is 6.92 Å². The molecule has 1 amide bonds. The minimum absolute atomic E-state index is 0.201. The summed E-state index contributed by atoms with van der Waals surface area (Å²) in [6, 6.07) is -0.447. The number of nitrogens with zero attached hydrogens (tertiary/aromatic N) is 3. The van der Waals surface area contributed by atoms with Crippen molar-refractivity contribution >= 4 is 11.9 Å². The van der Waals surface area contributed by atoms with Crippen LogP contribution in [0.1, 0.15) is 26.3 Å². The zero-order chi connectivity index (χ0) is 12.8. The first kappa shape index (κ1) is 13.1. The number of hydrogen-bond acceptors (Lipinski definition) is 4. The number of amides is 1. The molecule has 0 aromatic carbocycles. The molecule has 7 nitrogen and oxygen atoms in total. The van der Waals surface area contributed by atoms with E-state index in [-0.39, 0.29) is 5.91 Å². The molecule has 0 bridgehead atoms. The lowest BCUT2D eigenvalue weighted by atomic mass is 10.1. The first-order valence-corrected chi connectivity index (χ1v) is 5.37. The van der Waals surface area contributed by atoms with Gasteiger partial charge in [0.25, 0.3) is 0 Å². The van der Waals surface area contributed by atoms with Crippen molar-refractivity contribution in [2.75, 3.05) is 6.54 Å². The molecule has 0 spiro atoms. The van der Waals surface area contributed by atoms with Crippen molar-refractivity contribution in [1.82, 2.24) is 20.1 Å². The first-order valence-electron chi connectivity index (χ1n) is 5.37. The lowest BCUT2D eigenvalue weighted by molar-refractivity contribution is -0.141. The molecule has 0 fully saturated rings. The Morgan fingerprint density at radius 1 is 1.47 bits per heavy atom. The molecular formula is C10H16N4O3. The van der Waals surface area contributed by atoms with Crippen LogP contribution in [0.5, 0.6) is 0 Å². The van der Waals surface area contributed by atoms with Crippen molar-refractivity contribution in [3.8, 4) is 0 Å². The molecule has 7 heteroatoms. The molecule has 2 unspecified atom stereocenters. The van der Waals surface area contributed by atoms with Gasteiger partial charge in [0.15, 0.2) is 0 Å². The molecule has 1 rings (SSSR count). The van der Waals surface area contributed by atoms with Crippen LogP contribution in [0, 0.1) is 5.92 Å². The molecule has 0 aliphatic heterocycles. The Balaban J connectivity index is 2.33. The van der Waals surface area contributed by atoms with Crippen molar-refractivity contribution in [2.24, 2.45) is 5.92 Å². The second-order valence-corrected chi connectivity index (χ2v) is 3.87. The van der Waals surface area contributed by atoms with Crippen molar-refractivity contribution in [3.05, 3.63) is 12.7 Å². The van der Waals surface area contributed by atoms with Gasteiger partial charge in [-0.3, -0.25) is 9.59 Å². The molecule has 94 valence electrons. The van der Waals surface area contributed by atoms with Crippen LogP contribution in [0.15, 0.2) is 12.7 Å². The van der Waals surface area contributed by atoms with Gasteiger partial charge in [0.2, 0.25) is 5.91 Å². The molecular weight excluding hydrogens is 224 g/mol. The van der Waals surface area contributed by atoms with E-state index >= 15 is 0 Å². The molecule has 17 heavy (non-hydrogen) atoms. The van der Waals surface area contributed by atoms with Crippen LogP contribution in [0.4, 0.5) is 0 Å². The lowest BCUT2D eigenvalue weighted by Gasteiger charge is -2.12. The summed E-state index contributed by atoms with van der Waals surface area (Å²) in [6.07, 6.45) is 3.23. The van der Waals surface area contributed by atoms with Gasteiger partial charge in [0, 0.05) is 6.54 Å². The molecule has 0 saturated heterocycles. The second kappa shape index (κ2) is 5.97. The molecule has 2 atom stereocenters. The fourth-order valence-corrected chi connectivity index (χ4v) is 1.22. The third-order valence-electron chi connectivity index (χ3n) is 2.51. The molecule has 0 aliphatic rings. The van der Waals surface area contributed by atoms with E-state index in [0.29, 0.717) is 13.0 Å². The highest BCUT2D eigenvalue weighted by molar-refractivity contribution is 5.79. The average Bonchev–Trinajstić information content (AvgIpc) is 2.80. The maximum Gasteiger partial charge on any atom is 0.306 e. The monoisotopic (exact) mass is 240 g/mol. The standard InChI is InChI=1S/C10H16N4O3/c1-7(10(16)17)3-4-12-9(15)8(2)14-6-11-5-13-14/h5-8H,3-4H2,1-2H3,(H,12,15)(H,16,17). The van der Waals surface area contributed by atoms with E-state index in [1.165, 1.54) is 17.3 Å². The molecule has 0 saturated carbocycles. The highest BCUT2D eigenvalue weighted by atomic mass is 16.4. The van der Waals surface area contributed by atoms with Crippen molar-refractivity contribution in [2.45, 2.75) is 26.3 Å². The summed E-state index contributed by atoms with van der Waals surface area (Å²) < 4.78 is 1.44. The van der Waals surface area contributed by atoms with Gasteiger partial charge >= 0.3 is 5.97 Å². The summed E-state index contributed by atoms with van der Waals surface area (Å²) >= 11 is 0. The number of aliphatic carboxylic acids is 1. The molecule has 0 aliphatic carbocycles. The number of nitrogens with one attached hydrogen (secondary N) is 1. The van der Waals surface area contributed by atoms with Crippen molar-refractivity contribution < 1.29 is 14.7 Å². The van der Waals surface area contributed by atoms with Gasteiger partial charge < -0.3 is 10.4 Å². The fourth-order valence-electron chi connectivity index (χ4n) is 1.22. The minimum Gasteiger partial charge on any atom is -0.481 e. The molecule has 2 N–H and O–H groups in total. The predicted molar refractivity (Wildman–Crippen MR) is 59.2 cm³/mol. The third kappa shape index (κ3) is 3.86. The Morgan fingerprint density at radius 3 is 2.71 bits per heavy atom. The second-order valence-electron chi connectivity index (χ2n) is 3.87. The number of carbonyl (C=O) groups is 2. The number of rotatable bonds is 6. The molecule has 1 aromatic rings. The number of carbonyl (C=O) groups excluding carboxylic acids is 1. The van der Waals surface area contributed by atoms with Crippen LogP contribution in [-0.4, -0.2) is 38.3 Å². The molecule has 1 heterocycles. The highest BCUT2D eigenvalue weighted by Crippen LogP contribution is 2.03. The Labute approximate surface area is 98.8 Å². The fraction of sp³-hybridized carbons (Fsp3) is 0.600. The minimum atomic E-state index is -0.858. The van der Waals surface area contributed by atoms with Crippen LogP contribution in [0.3, 0.4) is 0 Å². The van der Waals surface area contributed by atoms with Crippen LogP contribution in [0.2, 0.25) is 0 Å². The maximum atomic E-state index is 11.6. The summed E-state index contributed by atoms with van der Waals surface area (Å²) in [4.78, 5) is 26.0. The summed E-state index contributed by atoms with van der Waals surface area (Å²) in [5.41, 5.74) is 0. The van der Waals surface area contributed by atoms with E-state index in [9.17, 15) is 9.59 Å². The summed E-state index contributed by atoms with van der Waals surface area (Å²) in [7, 11) is 0. The number of carboxylic acid groups (broad SMARTS) is 1. The first-order chi connectivity index (χ1) is 8.02. The smallest absolute Gasteiger partial charge is 0.306 e. The van der Waals surface area contributed by atoms with Gasteiger partial charge in [0.05, 0.1) is 5.92 Å². The lowest BCUT2D eigenvalue weighted by Crippen LogP contribution is -2.33. The number of aromatic nitrogens is 3. The van der Waals surface area contributed by atoms with Gasteiger partial charge in [-0.05, 0) is 13.3 Å². The normalized spacial score (nSPS) is 14.0. The Hall–Kier alpha value is -1.92. The van der Waals surface area contributed by atoms with Gasteiger partial charge in [-0.25, -0.2) is 9.67 Å². The van der Waals surface area contributed by atoms with Crippen LogP contribution in [0.25, 0.3) is 0 Å². The molecule has 1 aromatic heterocycles. The Morgan fingerprint density at radius 2 is 2.18 bits per heavy atom. The Kier molecular flexibility index (Phi) is 4.62. The summed E-state index contributed by atoms with van der Waals surface area (Å²) in [6.45, 7) is 3.64. The van der Waals surface area contributed by atoms with Crippen molar-refractivity contribution in [3.63, 3.8) is 0 Å². The van der Waals surface area contributed by atoms with E-state index in [1.54, 1.807) is 13.8 Å². The van der Waals surface area contributed by atoms with Gasteiger partial charge in [-0.2, -0.15) is 5.10 Å². The summed E-state index contributed by atoms with van der Waals surface area (Å²) in [5.74, 6) is -1.52. The zero-order valence-corrected chi connectivity index (χ0v) is 9.83. The van der Waals surface area contributed by atoms with E-state index in [0.717, 1.165) is 0 Å². The summed E-state index contributed by atoms with van der Waals surface area (Å²) in [5, 5.41) is 15.2. The third-order valence-corrected chi connectivity index (χ3v) is 2.51. The number of hydrogen-bond donors (Lipinski definition) is 2. The topological polar surface area (TPSA) is 97.1 Å². The van der Waals surface area contributed by atoms with Crippen LogP contribution >= 0.6 is 0 Å². The Bertz CT molecular complexity index is 377. The van der Waals surface area contributed by atoms with Gasteiger partial charge in [0.1, 0.15) is 18.7 Å². The van der Waals surface area contributed by atoms with Crippen LogP contribution in [-0.2, 0) is 9.59 Å². The van der Waals surface area contributed by atoms with Gasteiger partial charge in [-0.15, -0.1) is 0 Å². The maximum absolute atomic E-state index is 11.6. The number of carboxylic acids is 1. The molecule has 0 radical (unpaired) electrons. The van der Waals surface area contributed by atoms with E-state index in [1.807, 2.05) is 0 Å².